The van der Waals surface area contributed by atoms with Crippen LogP contribution in [-0.2, 0) is 0 Å². The Bertz CT molecular complexity index is 860. The van der Waals surface area contributed by atoms with Crippen molar-refractivity contribution in [3.63, 3.8) is 0 Å². The molecule has 8 heteroatoms. The van der Waals surface area contributed by atoms with Gasteiger partial charge in [-0.3, -0.25) is 0 Å². The molecule has 0 unspecified atom stereocenters. The van der Waals surface area contributed by atoms with Crippen molar-refractivity contribution in [2.75, 3.05) is 24.6 Å². The second-order valence-corrected chi connectivity index (χ2v) is 8.15. The van der Waals surface area contributed by atoms with Gasteiger partial charge in [-0.2, -0.15) is 10.2 Å². The third kappa shape index (κ3) is 4.68. The molecule has 146 valence electrons. The zero-order chi connectivity index (χ0) is 19.5. The van der Waals surface area contributed by atoms with Crippen LogP contribution in [0, 0.1) is 36.0 Å². The Hall–Kier alpha value is -2.46. The summed E-state index contributed by atoms with van der Waals surface area (Å²) in [6.45, 7) is 4.51. The number of hydrogen-bond donors (Lipinski definition) is 0. The van der Waals surface area contributed by atoms with Gasteiger partial charge in [0.2, 0.25) is 17.7 Å². The molecule has 2 aromatic heterocycles. The number of anilines is 1. The van der Waals surface area contributed by atoms with Gasteiger partial charge in [0.15, 0.2) is 0 Å². The molecule has 2 aromatic rings. The lowest BCUT2D eigenvalue weighted by Gasteiger charge is -2.32. The van der Waals surface area contributed by atoms with E-state index in [2.05, 4.69) is 24.8 Å². The van der Waals surface area contributed by atoms with Crippen LogP contribution < -0.4 is 9.64 Å². The van der Waals surface area contributed by atoms with Gasteiger partial charge in [-0.25, -0.2) is 15.0 Å². The highest BCUT2D eigenvalue weighted by Crippen LogP contribution is 2.45. The predicted molar refractivity (Wildman–Crippen MR) is 105 cm³/mol. The van der Waals surface area contributed by atoms with Crippen LogP contribution in [0.3, 0.4) is 0 Å². The molecule has 2 fully saturated rings. The van der Waals surface area contributed by atoms with E-state index in [9.17, 15) is 0 Å². The molecule has 2 atom stereocenters. The molecule has 0 bridgehead atoms. The van der Waals surface area contributed by atoms with Crippen molar-refractivity contribution in [2.45, 2.75) is 32.6 Å². The molecule has 7 nitrogen and oxygen atoms in total. The van der Waals surface area contributed by atoms with Gasteiger partial charge in [0.1, 0.15) is 6.07 Å². The van der Waals surface area contributed by atoms with Gasteiger partial charge < -0.3 is 9.64 Å². The van der Waals surface area contributed by atoms with E-state index in [1.807, 2.05) is 13.0 Å². The smallest absolute Gasteiger partial charge is 0.235 e. The Morgan fingerprint density at radius 1 is 1.21 bits per heavy atom. The van der Waals surface area contributed by atoms with Gasteiger partial charge in [-0.1, -0.05) is 11.6 Å². The summed E-state index contributed by atoms with van der Waals surface area (Å²) in [6, 6.07) is 3.76. The molecule has 0 spiro atoms. The second-order valence-electron chi connectivity index (χ2n) is 7.72. The maximum Gasteiger partial charge on any atom is 0.235 e. The third-order valence-corrected chi connectivity index (χ3v) is 5.78. The van der Waals surface area contributed by atoms with Crippen molar-refractivity contribution >= 4 is 17.5 Å². The standard InChI is InChI=1S/C20H23ClN6O/c1-13-6-19(26-18(9-22)25-13)28-12-16-8-15(16)7-14-2-4-27(5-3-14)20-23-10-17(21)11-24-20/h6,10-11,14-16H,2-5,7-8,12H2,1H3/t15-,16+/m1/s1. The molecule has 0 radical (unpaired) electrons. The highest BCUT2D eigenvalue weighted by atomic mass is 35.5. The molecule has 2 aliphatic rings. The maximum atomic E-state index is 8.96. The lowest BCUT2D eigenvalue weighted by Crippen LogP contribution is -2.35. The monoisotopic (exact) mass is 398 g/mol. The van der Waals surface area contributed by atoms with Crippen LogP contribution in [0.5, 0.6) is 5.88 Å². The summed E-state index contributed by atoms with van der Waals surface area (Å²) >= 11 is 5.86. The lowest BCUT2D eigenvalue weighted by atomic mass is 9.91. The van der Waals surface area contributed by atoms with Gasteiger partial charge in [0.05, 0.1) is 24.0 Å². The summed E-state index contributed by atoms with van der Waals surface area (Å²) < 4.78 is 5.82. The average molecular weight is 399 g/mol. The number of piperidine rings is 1. The van der Waals surface area contributed by atoms with Crippen molar-refractivity contribution in [2.24, 2.45) is 17.8 Å². The zero-order valence-electron chi connectivity index (χ0n) is 15.9. The molecule has 1 aliphatic heterocycles. The average Bonchev–Trinajstić information content (AvgIpc) is 3.45. The van der Waals surface area contributed by atoms with E-state index in [0.717, 1.165) is 36.6 Å². The molecule has 1 aliphatic carbocycles. The van der Waals surface area contributed by atoms with Crippen molar-refractivity contribution in [1.82, 2.24) is 19.9 Å². The third-order valence-electron chi connectivity index (χ3n) is 5.59. The quantitative estimate of drug-likeness (QED) is 0.736. The minimum absolute atomic E-state index is 0.166. The van der Waals surface area contributed by atoms with Crippen LogP contribution >= 0.6 is 11.6 Å². The number of aromatic nitrogens is 4. The van der Waals surface area contributed by atoms with E-state index in [1.165, 1.54) is 25.7 Å². The van der Waals surface area contributed by atoms with Crippen molar-refractivity contribution < 1.29 is 4.74 Å². The molecule has 0 aromatic carbocycles. The van der Waals surface area contributed by atoms with E-state index in [0.29, 0.717) is 23.4 Å². The lowest BCUT2D eigenvalue weighted by molar-refractivity contribution is 0.270. The molecular weight excluding hydrogens is 376 g/mol. The minimum Gasteiger partial charge on any atom is -0.477 e. The van der Waals surface area contributed by atoms with Gasteiger partial charge in [-0.05, 0) is 50.4 Å². The van der Waals surface area contributed by atoms with E-state index < -0.39 is 0 Å². The van der Waals surface area contributed by atoms with Crippen LogP contribution in [0.1, 0.15) is 37.2 Å². The fraction of sp³-hybridized carbons (Fsp3) is 0.550. The second kappa shape index (κ2) is 8.27. The first-order valence-corrected chi connectivity index (χ1v) is 10.1. The summed E-state index contributed by atoms with van der Waals surface area (Å²) in [5.41, 5.74) is 0.755. The van der Waals surface area contributed by atoms with Crippen LogP contribution in [0.25, 0.3) is 0 Å². The summed E-state index contributed by atoms with van der Waals surface area (Å²) in [5.74, 6) is 3.53. The Kier molecular flexibility index (Phi) is 5.58. The SMILES string of the molecule is Cc1cc(OC[C@@H]2C[C@H]2CC2CCN(c3ncc(Cl)cn3)CC2)nc(C#N)n1. The number of aryl methyl sites for hydroxylation is 1. The molecular formula is C20H23ClN6O. The Morgan fingerprint density at radius 2 is 1.96 bits per heavy atom. The van der Waals surface area contributed by atoms with Crippen LogP contribution in [-0.4, -0.2) is 39.6 Å². The van der Waals surface area contributed by atoms with Gasteiger partial charge in [0.25, 0.3) is 0 Å². The molecule has 1 saturated heterocycles. The summed E-state index contributed by atoms with van der Waals surface area (Å²) in [6.07, 6.45) is 8.14. The first kappa shape index (κ1) is 18.9. The predicted octanol–water partition coefficient (Wildman–Crippen LogP) is 3.42. The van der Waals surface area contributed by atoms with Crippen molar-refractivity contribution in [1.29, 1.82) is 5.26 Å². The Morgan fingerprint density at radius 3 is 2.68 bits per heavy atom. The fourth-order valence-electron chi connectivity index (χ4n) is 3.92. The zero-order valence-corrected chi connectivity index (χ0v) is 16.6. The van der Waals surface area contributed by atoms with Crippen LogP contribution in [0.15, 0.2) is 18.5 Å². The molecule has 4 rings (SSSR count). The minimum atomic E-state index is 0.166. The Balaban J connectivity index is 1.20. The summed E-state index contributed by atoms with van der Waals surface area (Å²) in [7, 11) is 0. The number of ether oxygens (including phenoxy) is 1. The highest BCUT2D eigenvalue weighted by molar-refractivity contribution is 6.30. The number of nitrogens with zero attached hydrogens (tertiary/aromatic N) is 6. The summed E-state index contributed by atoms with van der Waals surface area (Å²) in [4.78, 5) is 19.0. The highest BCUT2D eigenvalue weighted by Gasteiger charge is 2.39. The molecule has 1 saturated carbocycles. The Labute approximate surface area is 169 Å². The van der Waals surface area contributed by atoms with E-state index in [1.54, 1.807) is 18.5 Å². The normalized spacial score (nSPS) is 22.0. The number of rotatable bonds is 6. The number of hydrogen-bond acceptors (Lipinski definition) is 7. The maximum absolute atomic E-state index is 8.96. The van der Waals surface area contributed by atoms with Crippen LogP contribution in [0.2, 0.25) is 5.02 Å². The number of halogens is 1. The van der Waals surface area contributed by atoms with E-state index in [4.69, 9.17) is 21.6 Å². The largest absolute Gasteiger partial charge is 0.477 e. The molecule has 0 amide bonds. The number of nitriles is 1. The fourth-order valence-corrected chi connectivity index (χ4v) is 4.02. The first-order valence-electron chi connectivity index (χ1n) is 9.72. The van der Waals surface area contributed by atoms with Crippen LogP contribution in [0.4, 0.5) is 5.95 Å². The van der Waals surface area contributed by atoms with E-state index in [-0.39, 0.29) is 5.82 Å². The summed E-state index contributed by atoms with van der Waals surface area (Å²) in [5, 5.41) is 9.53. The van der Waals surface area contributed by atoms with E-state index >= 15 is 0 Å². The van der Waals surface area contributed by atoms with Crippen molar-refractivity contribution in [3.05, 3.63) is 35.0 Å². The first-order chi connectivity index (χ1) is 13.6. The molecule has 28 heavy (non-hydrogen) atoms. The van der Waals surface area contributed by atoms with Gasteiger partial charge in [0, 0.05) is 24.8 Å². The molecule has 0 N–H and O–H groups in total. The van der Waals surface area contributed by atoms with Crippen molar-refractivity contribution in [3.8, 4) is 11.9 Å². The van der Waals surface area contributed by atoms with Gasteiger partial charge >= 0.3 is 0 Å². The molecule has 3 heterocycles. The topological polar surface area (TPSA) is 87.8 Å². The van der Waals surface area contributed by atoms with Gasteiger partial charge in [-0.15, -0.1) is 0 Å².